The Balaban J connectivity index is 1.42. The van der Waals surface area contributed by atoms with Crippen LogP contribution in [0.15, 0.2) is 42.5 Å². The second-order valence-electron chi connectivity index (χ2n) is 14.7. The van der Waals surface area contributed by atoms with E-state index >= 15 is 0 Å². The maximum Gasteiger partial charge on any atom is 0.494 e. The molecule has 0 amide bonds. The van der Waals surface area contributed by atoms with Gasteiger partial charge in [0.05, 0.1) is 33.6 Å². The van der Waals surface area contributed by atoms with Crippen molar-refractivity contribution in [2.24, 2.45) is 0 Å². The first-order valence-corrected chi connectivity index (χ1v) is 14.7. The molecule has 5 rings (SSSR count). The Morgan fingerprint density at radius 2 is 0.683 bits per heavy atom. The van der Waals surface area contributed by atoms with E-state index in [2.05, 4.69) is 138 Å². The Kier molecular flexibility index (Phi) is 7.34. The lowest BCUT2D eigenvalue weighted by atomic mass is 9.71. The van der Waals surface area contributed by atoms with Crippen LogP contribution in [0.1, 0.15) is 94.2 Å². The highest BCUT2D eigenvalue weighted by atomic mass is 16.7. The van der Waals surface area contributed by atoms with Gasteiger partial charge in [0.25, 0.3) is 0 Å². The van der Waals surface area contributed by atoms with Gasteiger partial charge in [-0.2, -0.15) is 0 Å². The van der Waals surface area contributed by atoms with Crippen LogP contribution in [-0.2, 0) is 27.9 Å². The van der Waals surface area contributed by atoms with E-state index in [1.807, 2.05) is 0 Å². The standard InChI is InChI=1S/C32H45B3O6/c1-27(2)28(3,4)37-33(36-27)24-17-15-22(16-18-24)13-14-23-19-25(34-38-29(5,6)30(7,8)39-34)21-26(20-23)35-40-31(9,10)32(11,12)41-35/h13-21H,1-12H3/b14-13+. The molecule has 0 aliphatic carbocycles. The lowest BCUT2D eigenvalue weighted by molar-refractivity contribution is 0.00578. The highest BCUT2D eigenvalue weighted by Crippen LogP contribution is 2.39. The van der Waals surface area contributed by atoms with Crippen molar-refractivity contribution in [1.29, 1.82) is 0 Å². The molecule has 0 spiro atoms. The first-order chi connectivity index (χ1) is 18.7. The summed E-state index contributed by atoms with van der Waals surface area (Å²) < 4.78 is 38.1. The summed E-state index contributed by atoms with van der Waals surface area (Å²) in [4.78, 5) is 0. The molecule has 3 fully saturated rings. The zero-order chi connectivity index (χ0) is 30.2. The Labute approximate surface area is 247 Å². The van der Waals surface area contributed by atoms with Gasteiger partial charge in [0.1, 0.15) is 0 Å². The Hall–Kier alpha value is -1.87. The van der Waals surface area contributed by atoms with Crippen molar-refractivity contribution in [3.63, 3.8) is 0 Å². The summed E-state index contributed by atoms with van der Waals surface area (Å²) in [5.74, 6) is 0. The molecule has 0 unspecified atom stereocenters. The Bertz CT molecular complexity index is 1230. The van der Waals surface area contributed by atoms with Gasteiger partial charge in [0.2, 0.25) is 0 Å². The summed E-state index contributed by atoms with van der Waals surface area (Å²) in [6.45, 7) is 24.8. The minimum absolute atomic E-state index is 0.368. The second kappa shape index (κ2) is 9.83. The molecule has 6 nitrogen and oxygen atoms in total. The van der Waals surface area contributed by atoms with Crippen LogP contribution in [0.3, 0.4) is 0 Å². The molecule has 0 N–H and O–H groups in total. The molecule has 2 aromatic rings. The number of benzene rings is 2. The topological polar surface area (TPSA) is 55.4 Å². The molecule has 0 aromatic heterocycles. The monoisotopic (exact) mass is 558 g/mol. The van der Waals surface area contributed by atoms with E-state index < -0.39 is 36.6 Å². The van der Waals surface area contributed by atoms with Crippen LogP contribution in [0.5, 0.6) is 0 Å². The average Bonchev–Trinajstić information content (AvgIpc) is 3.31. The molecule has 0 atom stereocenters. The molecule has 0 bridgehead atoms. The normalized spacial score (nSPS) is 25.4. The fraction of sp³-hybridized carbons (Fsp3) is 0.562. The van der Waals surface area contributed by atoms with Gasteiger partial charge in [-0.25, -0.2) is 0 Å². The van der Waals surface area contributed by atoms with E-state index in [0.29, 0.717) is 0 Å². The van der Waals surface area contributed by atoms with Crippen molar-refractivity contribution in [3.8, 4) is 0 Å². The molecule has 3 aliphatic heterocycles. The fourth-order valence-electron chi connectivity index (χ4n) is 4.96. The van der Waals surface area contributed by atoms with Crippen molar-refractivity contribution >= 4 is 49.9 Å². The van der Waals surface area contributed by atoms with Crippen LogP contribution < -0.4 is 16.4 Å². The second-order valence-corrected chi connectivity index (χ2v) is 14.7. The zero-order valence-corrected chi connectivity index (χ0v) is 26.9. The van der Waals surface area contributed by atoms with Gasteiger partial charge in [0.15, 0.2) is 0 Å². The van der Waals surface area contributed by atoms with Gasteiger partial charge in [-0.05, 0) is 111 Å². The van der Waals surface area contributed by atoms with Gasteiger partial charge < -0.3 is 27.9 Å². The molecule has 0 radical (unpaired) electrons. The van der Waals surface area contributed by atoms with Gasteiger partial charge >= 0.3 is 21.4 Å². The van der Waals surface area contributed by atoms with Gasteiger partial charge in [0, 0.05) is 0 Å². The summed E-state index contributed by atoms with van der Waals surface area (Å²) in [6.07, 6.45) is 4.21. The van der Waals surface area contributed by atoms with Gasteiger partial charge in [-0.1, -0.05) is 54.6 Å². The first-order valence-electron chi connectivity index (χ1n) is 14.7. The van der Waals surface area contributed by atoms with Gasteiger partial charge in [-0.3, -0.25) is 0 Å². The fourth-order valence-corrected chi connectivity index (χ4v) is 4.96. The predicted octanol–water partition coefficient (Wildman–Crippen LogP) is 4.75. The molecule has 3 saturated heterocycles. The summed E-state index contributed by atoms with van der Waals surface area (Å²) in [7, 11) is -1.36. The molecule has 3 heterocycles. The van der Waals surface area contributed by atoms with Crippen molar-refractivity contribution in [3.05, 3.63) is 53.6 Å². The average molecular weight is 558 g/mol. The maximum atomic E-state index is 6.41. The molecular formula is C32H45B3O6. The SMILES string of the molecule is CC1(C)OB(c2ccc(/C=C/c3cc(B4OC(C)(C)C(C)(C)O4)cc(B4OC(C)(C)C(C)(C)O4)c3)cc2)OC1(C)C. The third kappa shape index (κ3) is 5.62. The summed E-state index contributed by atoms with van der Waals surface area (Å²) in [5, 5.41) is 0. The number of hydrogen-bond acceptors (Lipinski definition) is 6. The number of rotatable bonds is 5. The predicted molar refractivity (Wildman–Crippen MR) is 169 cm³/mol. The third-order valence-electron chi connectivity index (χ3n) is 9.98. The Morgan fingerprint density at radius 1 is 0.390 bits per heavy atom. The zero-order valence-electron chi connectivity index (χ0n) is 26.9. The van der Waals surface area contributed by atoms with E-state index in [9.17, 15) is 0 Å². The van der Waals surface area contributed by atoms with Crippen molar-refractivity contribution in [2.75, 3.05) is 0 Å². The summed E-state index contributed by atoms with van der Waals surface area (Å²) in [6, 6.07) is 14.6. The highest BCUT2D eigenvalue weighted by molar-refractivity contribution is 6.66. The lowest BCUT2D eigenvalue weighted by Gasteiger charge is -2.32. The van der Waals surface area contributed by atoms with E-state index in [1.54, 1.807) is 0 Å². The smallest absolute Gasteiger partial charge is 0.399 e. The first kappa shape index (κ1) is 30.6. The highest BCUT2D eigenvalue weighted by Gasteiger charge is 2.54. The van der Waals surface area contributed by atoms with E-state index in [1.165, 1.54) is 0 Å². The summed E-state index contributed by atoms with van der Waals surface area (Å²) in [5.41, 5.74) is 2.48. The molecule has 0 saturated carbocycles. The summed E-state index contributed by atoms with van der Waals surface area (Å²) >= 11 is 0. The van der Waals surface area contributed by atoms with E-state index in [4.69, 9.17) is 27.9 Å². The van der Waals surface area contributed by atoms with Gasteiger partial charge in [-0.15, -0.1) is 0 Å². The van der Waals surface area contributed by atoms with Crippen molar-refractivity contribution in [1.82, 2.24) is 0 Å². The van der Waals surface area contributed by atoms with Crippen LogP contribution in [-0.4, -0.2) is 55.0 Å². The minimum atomic E-state index is -0.492. The van der Waals surface area contributed by atoms with Crippen molar-refractivity contribution in [2.45, 2.75) is 117 Å². The molecular weight excluding hydrogens is 513 g/mol. The van der Waals surface area contributed by atoms with E-state index in [0.717, 1.165) is 27.5 Å². The van der Waals surface area contributed by atoms with Crippen LogP contribution in [0, 0.1) is 0 Å². The molecule has 3 aliphatic rings. The lowest BCUT2D eigenvalue weighted by Crippen LogP contribution is -2.41. The minimum Gasteiger partial charge on any atom is -0.399 e. The number of hydrogen-bond donors (Lipinski definition) is 0. The largest absolute Gasteiger partial charge is 0.494 e. The maximum absolute atomic E-state index is 6.41. The van der Waals surface area contributed by atoms with Crippen molar-refractivity contribution < 1.29 is 27.9 Å². The van der Waals surface area contributed by atoms with E-state index in [-0.39, 0.29) is 18.3 Å². The quantitative estimate of drug-likeness (QED) is 0.390. The molecule has 9 heteroatoms. The molecule has 218 valence electrons. The van der Waals surface area contributed by atoms with Crippen LogP contribution in [0.25, 0.3) is 12.2 Å². The third-order valence-corrected chi connectivity index (χ3v) is 9.98. The Morgan fingerprint density at radius 3 is 1.02 bits per heavy atom. The molecule has 41 heavy (non-hydrogen) atoms. The molecule has 2 aromatic carbocycles. The van der Waals surface area contributed by atoms with Crippen LogP contribution >= 0.6 is 0 Å². The van der Waals surface area contributed by atoms with Crippen LogP contribution in [0.2, 0.25) is 0 Å². The van der Waals surface area contributed by atoms with Crippen LogP contribution in [0.4, 0.5) is 0 Å².